The molecule has 0 saturated carbocycles. The molecule has 0 spiro atoms. The van der Waals surface area contributed by atoms with Crippen molar-refractivity contribution in [3.05, 3.63) is 29.8 Å². The molecule has 0 saturated heterocycles. The van der Waals surface area contributed by atoms with E-state index >= 15 is 0 Å². The zero-order chi connectivity index (χ0) is 14.3. The first-order chi connectivity index (χ1) is 9.02. The molecule has 4 nitrogen and oxygen atoms in total. The number of hydrogen-bond donors (Lipinski definition) is 2. The lowest BCUT2D eigenvalue weighted by atomic mass is 10.1. The van der Waals surface area contributed by atoms with Crippen molar-refractivity contribution in [2.24, 2.45) is 5.92 Å². The molecule has 0 heterocycles. The number of benzene rings is 1. The topological polar surface area (TPSA) is 50.4 Å². The Morgan fingerprint density at radius 2 is 1.89 bits per heavy atom. The molecule has 0 radical (unpaired) electrons. The molecule has 19 heavy (non-hydrogen) atoms. The maximum Gasteiger partial charge on any atom is 0.224 e. The number of carbonyl (C=O) groups is 1. The number of hydrogen-bond acceptors (Lipinski definition) is 3. The largest absolute Gasteiger partial charge is 0.491 e. The summed E-state index contributed by atoms with van der Waals surface area (Å²) in [5.41, 5.74) is 1.20. The Hall–Kier alpha value is -1.55. The lowest BCUT2D eigenvalue weighted by molar-refractivity contribution is -0.125. The van der Waals surface area contributed by atoms with Crippen LogP contribution < -0.4 is 15.4 Å². The Morgan fingerprint density at radius 3 is 2.47 bits per heavy atom. The molecular weight excluding hydrogens is 240 g/mol. The number of ether oxygens (including phenoxy) is 1. The van der Waals surface area contributed by atoms with Crippen molar-refractivity contribution in [3.8, 4) is 5.75 Å². The third kappa shape index (κ3) is 5.75. The van der Waals surface area contributed by atoms with Crippen LogP contribution in [-0.2, 0) is 4.79 Å². The smallest absolute Gasteiger partial charge is 0.224 e. The van der Waals surface area contributed by atoms with Gasteiger partial charge < -0.3 is 15.4 Å². The van der Waals surface area contributed by atoms with E-state index in [0.717, 1.165) is 5.75 Å². The first-order valence-corrected chi connectivity index (χ1v) is 6.67. The lowest BCUT2D eigenvalue weighted by Crippen LogP contribution is -2.41. The minimum Gasteiger partial charge on any atom is -0.491 e. The summed E-state index contributed by atoms with van der Waals surface area (Å²) in [6.07, 6.45) is 0. The molecule has 1 aromatic rings. The maximum atomic E-state index is 11.8. The zero-order valence-electron chi connectivity index (χ0n) is 12.2. The normalized spacial score (nSPS) is 13.7. The van der Waals surface area contributed by atoms with Crippen molar-refractivity contribution in [1.29, 1.82) is 0 Å². The van der Waals surface area contributed by atoms with Crippen LogP contribution in [-0.4, -0.2) is 32.1 Å². The van der Waals surface area contributed by atoms with Gasteiger partial charge in [0.2, 0.25) is 5.91 Å². The van der Waals surface area contributed by atoms with E-state index in [1.807, 2.05) is 52.1 Å². The van der Waals surface area contributed by atoms with Gasteiger partial charge in [-0.15, -0.1) is 0 Å². The van der Waals surface area contributed by atoms with Gasteiger partial charge in [0.15, 0.2) is 0 Å². The van der Waals surface area contributed by atoms with Gasteiger partial charge in [-0.2, -0.15) is 0 Å². The second-order valence-corrected chi connectivity index (χ2v) is 4.99. The van der Waals surface area contributed by atoms with Gasteiger partial charge in [-0.1, -0.05) is 24.6 Å². The van der Waals surface area contributed by atoms with Gasteiger partial charge >= 0.3 is 0 Å². The summed E-state index contributed by atoms with van der Waals surface area (Å²) in [6.45, 7) is 7.03. The molecule has 4 heteroatoms. The molecule has 2 N–H and O–H groups in total. The highest BCUT2D eigenvalue weighted by Crippen LogP contribution is 2.11. The molecule has 1 rings (SSSR count). The Kier molecular flexibility index (Phi) is 6.36. The van der Waals surface area contributed by atoms with Crippen molar-refractivity contribution in [2.75, 3.05) is 20.2 Å². The molecule has 2 unspecified atom stereocenters. The van der Waals surface area contributed by atoms with Gasteiger partial charge in [0, 0.05) is 12.5 Å². The van der Waals surface area contributed by atoms with Crippen LogP contribution in [0.3, 0.4) is 0 Å². The molecule has 0 aromatic heterocycles. The van der Waals surface area contributed by atoms with Crippen molar-refractivity contribution in [2.45, 2.75) is 26.8 Å². The van der Waals surface area contributed by atoms with E-state index in [2.05, 4.69) is 10.6 Å². The quantitative estimate of drug-likeness (QED) is 0.788. The standard InChI is InChI=1S/C15H24N2O2/c1-11-5-7-14(8-6-11)19-10-13(3)17-15(18)12(2)9-16-4/h5-8,12-13,16H,9-10H2,1-4H3,(H,17,18). The fourth-order valence-electron chi connectivity index (χ4n) is 1.68. The van der Waals surface area contributed by atoms with Crippen LogP contribution in [0.25, 0.3) is 0 Å². The van der Waals surface area contributed by atoms with Gasteiger partial charge in [0.1, 0.15) is 12.4 Å². The summed E-state index contributed by atoms with van der Waals surface area (Å²) in [6, 6.07) is 7.88. The maximum absolute atomic E-state index is 11.8. The van der Waals surface area contributed by atoms with Crippen LogP contribution in [0.1, 0.15) is 19.4 Å². The Morgan fingerprint density at radius 1 is 1.26 bits per heavy atom. The predicted octanol–water partition coefficient (Wildman–Crippen LogP) is 1.73. The summed E-state index contributed by atoms with van der Waals surface area (Å²) in [7, 11) is 1.84. The summed E-state index contributed by atoms with van der Waals surface area (Å²) in [4.78, 5) is 11.8. The predicted molar refractivity (Wildman–Crippen MR) is 77.4 cm³/mol. The van der Waals surface area contributed by atoms with Gasteiger partial charge in [0.05, 0.1) is 6.04 Å². The van der Waals surface area contributed by atoms with Crippen LogP contribution in [0.15, 0.2) is 24.3 Å². The third-order valence-corrected chi connectivity index (χ3v) is 2.87. The fourth-order valence-corrected chi connectivity index (χ4v) is 1.68. The molecule has 1 aromatic carbocycles. The van der Waals surface area contributed by atoms with Crippen LogP contribution in [0, 0.1) is 12.8 Å². The van der Waals surface area contributed by atoms with E-state index in [1.165, 1.54) is 5.56 Å². The minimum absolute atomic E-state index is 0.00638. The highest BCUT2D eigenvalue weighted by Gasteiger charge is 2.14. The van der Waals surface area contributed by atoms with Crippen LogP contribution >= 0.6 is 0 Å². The van der Waals surface area contributed by atoms with E-state index in [4.69, 9.17) is 4.74 Å². The molecule has 0 aliphatic heterocycles. The molecule has 0 fully saturated rings. The zero-order valence-corrected chi connectivity index (χ0v) is 12.2. The van der Waals surface area contributed by atoms with Gasteiger partial charge in [-0.05, 0) is 33.0 Å². The van der Waals surface area contributed by atoms with E-state index < -0.39 is 0 Å². The van der Waals surface area contributed by atoms with Gasteiger partial charge in [0.25, 0.3) is 0 Å². The molecule has 2 atom stereocenters. The first kappa shape index (κ1) is 15.5. The minimum atomic E-state index is -0.0353. The van der Waals surface area contributed by atoms with E-state index in [9.17, 15) is 4.79 Å². The number of rotatable bonds is 7. The second-order valence-electron chi connectivity index (χ2n) is 4.99. The number of carbonyl (C=O) groups excluding carboxylic acids is 1. The summed E-state index contributed by atoms with van der Waals surface area (Å²) in [5, 5.41) is 5.93. The van der Waals surface area contributed by atoms with Crippen molar-refractivity contribution < 1.29 is 9.53 Å². The summed E-state index contributed by atoms with van der Waals surface area (Å²) < 4.78 is 5.63. The SMILES string of the molecule is CNCC(C)C(=O)NC(C)COc1ccc(C)cc1. The molecule has 0 bridgehead atoms. The molecule has 0 aliphatic rings. The Bertz CT molecular complexity index is 390. The number of amides is 1. The monoisotopic (exact) mass is 264 g/mol. The van der Waals surface area contributed by atoms with Crippen LogP contribution in [0.4, 0.5) is 0 Å². The molecule has 0 aliphatic carbocycles. The molecule has 1 amide bonds. The summed E-state index contributed by atoms with van der Waals surface area (Å²) in [5.74, 6) is 0.844. The fraction of sp³-hybridized carbons (Fsp3) is 0.533. The lowest BCUT2D eigenvalue weighted by Gasteiger charge is -2.18. The highest BCUT2D eigenvalue weighted by atomic mass is 16.5. The Labute approximate surface area is 115 Å². The summed E-state index contributed by atoms with van der Waals surface area (Å²) >= 11 is 0. The van der Waals surface area contributed by atoms with Gasteiger partial charge in [-0.25, -0.2) is 0 Å². The Balaban J connectivity index is 2.33. The van der Waals surface area contributed by atoms with Crippen LogP contribution in [0.5, 0.6) is 5.75 Å². The van der Waals surface area contributed by atoms with E-state index in [1.54, 1.807) is 0 Å². The second kappa shape index (κ2) is 7.79. The van der Waals surface area contributed by atoms with Crippen LogP contribution in [0.2, 0.25) is 0 Å². The van der Waals surface area contributed by atoms with Gasteiger partial charge in [-0.3, -0.25) is 4.79 Å². The number of nitrogens with one attached hydrogen (secondary N) is 2. The first-order valence-electron chi connectivity index (χ1n) is 6.67. The van der Waals surface area contributed by atoms with E-state index in [-0.39, 0.29) is 17.9 Å². The van der Waals surface area contributed by atoms with E-state index in [0.29, 0.717) is 13.2 Å². The molecule has 106 valence electrons. The average molecular weight is 264 g/mol. The molecular formula is C15H24N2O2. The average Bonchev–Trinajstić information content (AvgIpc) is 2.38. The number of aryl methyl sites for hydroxylation is 1. The van der Waals surface area contributed by atoms with Crippen molar-refractivity contribution >= 4 is 5.91 Å². The highest BCUT2D eigenvalue weighted by molar-refractivity contribution is 5.78. The third-order valence-electron chi connectivity index (χ3n) is 2.87. The van der Waals surface area contributed by atoms with Crippen molar-refractivity contribution in [3.63, 3.8) is 0 Å². The van der Waals surface area contributed by atoms with Crippen molar-refractivity contribution in [1.82, 2.24) is 10.6 Å².